The summed E-state index contributed by atoms with van der Waals surface area (Å²) >= 11 is 0. The van der Waals surface area contributed by atoms with Crippen molar-refractivity contribution in [2.75, 3.05) is 19.7 Å². The standard InChI is InChI=1S/C18H27N3O4/c1-11-6-7-19-13(3)15(11)16(22)20-12(2)8-21-10-18(4,5)25-9-14(21)17(23)24/h6-7,12,14H,8-10H2,1-5H3,(H,20,22)(H,23,24). The van der Waals surface area contributed by atoms with Gasteiger partial charge in [-0.2, -0.15) is 0 Å². The third kappa shape index (κ3) is 4.76. The number of carboxylic acids is 1. The summed E-state index contributed by atoms with van der Waals surface area (Å²) in [6.07, 6.45) is 1.68. The first-order valence-corrected chi connectivity index (χ1v) is 8.44. The van der Waals surface area contributed by atoms with E-state index in [2.05, 4.69) is 10.3 Å². The zero-order valence-corrected chi connectivity index (χ0v) is 15.5. The number of aromatic nitrogens is 1. The number of carbonyl (C=O) groups is 2. The van der Waals surface area contributed by atoms with E-state index in [-0.39, 0.29) is 18.6 Å². The molecule has 1 fully saturated rings. The number of ether oxygens (including phenoxy) is 1. The Morgan fingerprint density at radius 2 is 2.16 bits per heavy atom. The van der Waals surface area contributed by atoms with Gasteiger partial charge in [-0.15, -0.1) is 0 Å². The third-order valence-corrected chi connectivity index (χ3v) is 4.40. The molecule has 2 rings (SSSR count). The highest BCUT2D eigenvalue weighted by molar-refractivity contribution is 5.96. The summed E-state index contributed by atoms with van der Waals surface area (Å²) in [5.41, 5.74) is 1.71. The monoisotopic (exact) mass is 349 g/mol. The highest BCUT2D eigenvalue weighted by Crippen LogP contribution is 2.21. The molecular weight excluding hydrogens is 322 g/mol. The molecule has 7 heteroatoms. The minimum Gasteiger partial charge on any atom is -0.480 e. The van der Waals surface area contributed by atoms with Crippen molar-refractivity contribution in [3.05, 3.63) is 29.1 Å². The zero-order chi connectivity index (χ0) is 18.8. The van der Waals surface area contributed by atoms with Crippen LogP contribution in [0.4, 0.5) is 0 Å². The summed E-state index contributed by atoms with van der Waals surface area (Å²) < 4.78 is 5.61. The van der Waals surface area contributed by atoms with E-state index in [1.54, 1.807) is 19.2 Å². The lowest BCUT2D eigenvalue weighted by Crippen LogP contribution is -2.59. The Morgan fingerprint density at radius 1 is 1.48 bits per heavy atom. The second-order valence-electron chi connectivity index (χ2n) is 7.32. The molecule has 0 saturated carbocycles. The van der Waals surface area contributed by atoms with Crippen LogP contribution in [0.1, 0.15) is 42.4 Å². The average molecular weight is 349 g/mol. The predicted molar refractivity (Wildman–Crippen MR) is 93.7 cm³/mol. The lowest BCUT2D eigenvalue weighted by molar-refractivity contribution is -0.162. The molecule has 2 atom stereocenters. The molecule has 138 valence electrons. The summed E-state index contributed by atoms with van der Waals surface area (Å²) in [5.74, 6) is -1.09. The Hall–Kier alpha value is -1.99. The van der Waals surface area contributed by atoms with E-state index < -0.39 is 17.6 Å². The second-order valence-corrected chi connectivity index (χ2v) is 7.32. The topological polar surface area (TPSA) is 91.8 Å². The number of carboxylic acid groups (broad SMARTS) is 1. The quantitative estimate of drug-likeness (QED) is 0.834. The van der Waals surface area contributed by atoms with Gasteiger partial charge in [-0.25, -0.2) is 0 Å². The Labute approximate surface area is 148 Å². The van der Waals surface area contributed by atoms with E-state index in [1.807, 2.05) is 32.6 Å². The summed E-state index contributed by atoms with van der Waals surface area (Å²) in [4.78, 5) is 30.1. The summed E-state index contributed by atoms with van der Waals surface area (Å²) in [7, 11) is 0. The maximum Gasteiger partial charge on any atom is 0.323 e. The Bertz CT molecular complexity index is 639. The lowest BCUT2D eigenvalue weighted by Gasteiger charge is -2.42. The van der Waals surface area contributed by atoms with Crippen molar-refractivity contribution in [3.8, 4) is 0 Å². The average Bonchev–Trinajstić information content (AvgIpc) is 2.45. The number of morpholine rings is 1. The molecule has 1 aromatic heterocycles. The molecule has 1 amide bonds. The SMILES string of the molecule is Cc1ccnc(C)c1C(=O)NC(C)CN1CC(C)(C)OCC1C(=O)O. The lowest BCUT2D eigenvalue weighted by atomic mass is 10.0. The fourth-order valence-corrected chi connectivity index (χ4v) is 3.20. The largest absolute Gasteiger partial charge is 0.480 e. The van der Waals surface area contributed by atoms with Gasteiger partial charge in [0.2, 0.25) is 0 Å². The molecule has 0 radical (unpaired) electrons. The van der Waals surface area contributed by atoms with Gasteiger partial charge in [0.25, 0.3) is 5.91 Å². The Kier molecular flexibility index (Phi) is 5.80. The number of nitrogens with zero attached hydrogens (tertiary/aromatic N) is 2. The van der Waals surface area contributed by atoms with Crippen LogP contribution in [0.5, 0.6) is 0 Å². The fraction of sp³-hybridized carbons (Fsp3) is 0.611. The summed E-state index contributed by atoms with van der Waals surface area (Å²) in [5, 5.41) is 12.4. The van der Waals surface area contributed by atoms with Gasteiger partial charge in [0.05, 0.1) is 23.5 Å². The van der Waals surface area contributed by atoms with Gasteiger partial charge in [0.1, 0.15) is 6.04 Å². The van der Waals surface area contributed by atoms with E-state index >= 15 is 0 Å². The molecular formula is C18H27N3O4. The summed E-state index contributed by atoms with van der Waals surface area (Å²) in [6.45, 7) is 10.5. The molecule has 7 nitrogen and oxygen atoms in total. The van der Waals surface area contributed by atoms with Crippen molar-refractivity contribution in [2.45, 2.75) is 52.3 Å². The second kappa shape index (κ2) is 7.49. The van der Waals surface area contributed by atoms with E-state index in [4.69, 9.17) is 4.74 Å². The smallest absolute Gasteiger partial charge is 0.323 e. The van der Waals surface area contributed by atoms with Crippen LogP contribution in [-0.2, 0) is 9.53 Å². The molecule has 0 aromatic carbocycles. The van der Waals surface area contributed by atoms with Crippen molar-refractivity contribution < 1.29 is 19.4 Å². The molecule has 25 heavy (non-hydrogen) atoms. The number of carbonyl (C=O) groups excluding carboxylic acids is 1. The number of hydrogen-bond donors (Lipinski definition) is 2. The van der Waals surface area contributed by atoms with Crippen LogP contribution in [0.3, 0.4) is 0 Å². The van der Waals surface area contributed by atoms with Crippen LogP contribution < -0.4 is 5.32 Å². The van der Waals surface area contributed by atoms with Gasteiger partial charge < -0.3 is 15.2 Å². The molecule has 2 unspecified atom stereocenters. The number of aryl methyl sites for hydroxylation is 2. The summed E-state index contributed by atoms with van der Waals surface area (Å²) in [6, 6.07) is 0.897. The Balaban J connectivity index is 2.06. The molecule has 0 spiro atoms. The molecule has 0 bridgehead atoms. The van der Waals surface area contributed by atoms with Crippen molar-refractivity contribution in [2.24, 2.45) is 0 Å². The molecule has 2 N–H and O–H groups in total. The maximum atomic E-state index is 12.6. The van der Waals surface area contributed by atoms with Crippen molar-refractivity contribution >= 4 is 11.9 Å². The van der Waals surface area contributed by atoms with Crippen LogP contribution in [0.2, 0.25) is 0 Å². The van der Waals surface area contributed by atoms with Gasteiger partial charge >= 0.3 is 5.97 Å². The first kappa shape index (κ1) is 19.3. The highest BCUT2D eigenvalue weighted by Gasteiger charge is 2.38. The van der Waals surface area contributed by atoms with Crippen LogP contribution in [0.15, 0.2) is 12.3 Å². The molecule has 1 aliphatic heterocycles. The van der Waals surface area contributed by atoms with Crippen LogP contribution in [0.25, 0.3) is 0 Å². The number of amides is 1. The van der Waals surface area contributed by atoms with Gasteiger partial charge in [-0.3, -0.25) is 19.5 Å². The van der Waals surface area contributed by atoms with Gasteiger partial charge in [-0.1, -0.05) is 0 Å². The molecule has 1 saturated heterocycles. The van der Waals surface area contributed by atoms with Crippen LogP contribution in [0, 0.1) is 13.8 Å². The minimum absolute atomic E-state index is 0.143. The van der Waals surface area contributed by atoms with Crippen molar-refractivity contribution in [3.63, 3.8) is 0 Å². The number of pyridine rings is 1. The Morgan fingerprint density at radius 3 is 2.76 bits per heavy atom. The normalized spacial score (nSPS) is 21.6. The number of hydrogen-bond acceptors (Lipinski definition) is 5. The molecule has 0 aliphatic carbocycles. The third-order valence-electron chi connectivity index (χ3n) is 4.40. The molecule has 2 heterocycles. The number of rotatable bonds is 5. The van der Waals surface area contributed by atoms with E-state index in [0.29, 0.717) is 24.3 Å². The first-order valence-electron chi connectivity index (χ1n) is 8.44. The number of aliphatic carboxylic acids is 1. The molecule has 1 aromatic rings. The number of nitrogens with one attached hydrogen (secondary N) is 1. The zero-order valence-electron chi connectivity index (χ0n) is 15.5. The van der Waals surface area contributed by atoms with Gasteiger partial charge in [0, 0.05) is 25.3 Å². The van der Waals surface area contributed by atoms with Gasteiger partial charge in [-0.05, 0) is 46.2 Å². The first-order chi connectivity index (χ1) is 11.6. The van der Waals surface area contributed by atoms with Gasteiger partial charge in [0.15, 0.2) is 0 Å². The van der Waals surface area contributed by atoms with E-state index in [0.717, 1.165) is 5.56 Å². The predicted octanol–water partition coefficient (Wildman–Crippen LogP) is 1.38. The van der Waals surface area contributed by atoms with Crippen LogP contribution in [-0.4, -0.2) is 64.2 Å². The van der Waals surface area contributed by atoms with Crippen LogP contribution >= 0.6 is 0 Å². The fourth-order valence-electron chi connectivity index (χ4n) is 3.20. The maximum absolute atomic E-state index is 12.6. The van der Waals surface area contributed by atoms with Crippen molar-refractivity contribution in [1.82, 2.24) is 15.2 Å². The van der Waals surface area contributed by atoms with E-state index in [1.165, 1.54) is 0 Å². The minimum atomic E-state index is -0.909. The van der Waals surface area contributed by atoms with E-state index in [9.17, 15) is 14.7 Å². The molecule has 1 aliphatic rings. The highest BCUT2D eigenvalue weighted by atomic mass is 16.5. The van der Waals surface area contributed by atoms with Crippen molar-refractivity contribution in [1.29, 1.82) is 0 Å².